The van der Waals surface area contributed by atoms with Crippen molar-refractivity contribution in [3.63, 3.8) is 0 Å². The SMILES string of the molecule is CCn1c(SCC(=O)NC2CCCCCCC2)nc2cc(S(=O)(=O)N3CCOCC3)ccc21. The van der Waals surface area contributed by atoms with Gasteiger partial charge in [0.1, 0.15) is 0 Å². The lowest BCUT2D eigenvalue weighted by molar-refractivity contribution is -0.119. The largest absolute Gasteiger partial charge is 0.379 e. The van der Waals surface area contributed by atoms with E-state index < -0.39 is 10.0 Å². The van der Waals surface area contributed by atoms with Crippen molar-refractivity contribution in [2.45, 2.75) is 74.5 Å². The number of ether oxygens (including phenoxy) is 1. The van der Waals surface area contributed by atoms with Gasteiger partial charge in [0.15, 0.2) is 5.16 Å². The van der Waals surface area contributed by atoms with Gasteiger partial charge in [0, 0.05) is 25.7 Å². The van der Waals surface area contributed by atoms with Gasteiger partial charge in [0.25, 0.3) is 0 Å². The van der Waals surface area contributed by atoms with Crippen LogP contribution in [-0.4, -0.2) is 66.3 Å². The lowest BCUT2D eigenvalue weighted by Crippen LogP contribution is -2.40. The maximum Gasteiger partial charge on any atom is 0.243 e. The number of fused-ring (bicyclic) bond motifs is 1. The number of sulfonamides is 1. The van der Waals surface area contributed by atoms with Gasteiger partial charge < -0.3 is 14.6 Å². The molecule has 1 saturated heterocycles. The Labute approximate surface area is 200 Å². The van der Waals surface area contributed by atoms with Crippen LogP contribution in [0.1, 0.15) is 51.9 Å². The molecule has 0 spiro atoms. The molecule has 1 N–H and O–H groups in total. The fourth-order valence-electron chi connectivity index (χ4n) is 4.60. The van der Waals surface area contributed by atoms with Gasteiger partial charge in [-0.25, -0.2) is 13.4 Å². The summed E-state index contributed by atoms with van der Waals surface area (Å²) in [7, 11) is -3.58. The molecule has 2 aliphatic rings. The average Bonchev–Trinajstić information content (AvgIpc) is 3.16. The van der Waals surface area contributed by atoms with E-state index in [1.165, 1.54) is 48.2 Å². The molecule has 33 heavy (non-hydrogen) atoms. The predicted molar refractivity (Wildman–Crippen MR) is 130 cm³/mol. The van der Waals surface area contributed by atoms with E-state index in [9.17, 15) is 13.2 Å². The molecule has 0 radical (unpaired) electrons. The summed E-state index contributed by atoms with van der Waals surface area (Å²) in [5.41, 5.74) is 1.51. The van der Waals surface area contributed by atoms with E-state index in [1.54, 1.807) is 12.1 Å². The molecule has 0 unspecified atom stereocenters. The number of rotatable bonds is 7. The summed E-state index contributed by atoms with van der Waals surface area (Å²) in [5.74, 6) is 0.342. The van der Waals surface area contributed by atoms with E-state index in [4.69, 9.17) is 4.74 Å². The first kappa shape index (κ1) is 24.5. The molecule has 1 amide bonds. The molecule has 10 heteroatoms. The van der Waals surface area contributed by atoms with Crippen LogP contribution in [0.15, 0.2) is 28.3 Å². The number of amides is 1. The summed E-state index contributed by atoms with van der Waals surface area (Å²) < 4.78 is 34.8. The Morgan fingerprint density at radius 2 is 1.85 bits per heavy atom. The summed E-state index contributed by atoms with van der Waals surface area (Å²) >= 11 is 1.41. The Morgan fingerprint density at radius 3 is 2.55 bits per heavy atom. The van der Waals surface area contributed by atoms with Crippen LogP contribution < -0.4 is 5.32 Å². The summed E-state index contributed by atoms with van der Waals surface area (Å²) in [5, 5.41) is 3.94. The second-order valence-corrected chi connectivity index (χ2v) is 11.6. The average molecular weight is 495 g/mol. The number of morpholine rings is 1. The molecule has 4 rings (SSSR count). The van der Waals surface area contributed by atoms with Gasteiger partial charge in [-0.15, -0.1) is 0 Å². The molecule has 0 bridgehead atoms. The Bertz CT molecular complexity index is 1060. The number of nitrogens with zero attached hydrogens (tertiary/aromatic N) is 3. The minimum Gasteiger partial charge on any atom is -0.379 e. The van der Waals surface area contributed by atoms with Gasteiger partial charge in [0.2, 0.25) is 15.9 Å². The molecular formula is C23H34N4O4S2. The summed E-state index contributed by atoms with van der Waals surface area (Å²) in [6, 6.07) is 5.38. The predicted octanol–water partition coefficient (Wildman–Crippen LogP) is 3.40. The van der Waals surface area contributed by atoms with Crippen LogP contribution in [0.5, 0.6) is 0 Å². The van der Waals surface area contributed by atoms with Crippen LogP contribution in [0, 0.1) is 0 Å². The molecular weight excluding hydrogens is 460 g/mol. The fraction of sp³-hybridized carbons (Fsp3) is 0.652. The number of carbonyl (C=O) groups excluding carboxylic acids is 1. The van der Waals surface area contributed by atoms with E-state index in [2.05, 4.69) is 10.3 Å². The van der Waals surface area contributed by atoms with Crippen LogP contribution in [0.2, 0.25) is 0 Å². The molecule has 182 valence electrons. The third kappa shape index (κ3) is 5.90. The first-order valence-corrected chi connectivity index (χ1v) is 14.4. The molecule has 8 nitrogen and oxygen atoms in total. The van der Waals surface area contributed by atoms with E-state index >= 15 is 0 Å². The van der Waals surface area contributed by atoms with Gasteiger partial charge in [-0.2, -0.15) is 4.31 Å². The van der Waals surface area contributed by atoms with Crippen molar-refractivity contribution in [2.75, 3.05) is 32.1 Å². The van der Waals surface area contributed by atoms with Crippen molar-refractivity contribution in [1.29, 1.82) is 0 Å². The highest BCUT2D eigenvalue weighted by Gasteiger charge is 2.27. The summed E-state index contributed by atoms with van der Waals surface area (Å²) in [6.07, 6.45) is 8.29. The molecule has 1 aliphatic heterocycles. The molecule has 1 aromatic heterocycles. The Balaban J connectivity index is 1.45. The molecule has 2 fully saturated rings. The Kier molecular flexibility index (Phi) is 8.32. The maximum atomic E-state index is 13.0. The maximum absolute atomic E-state index is 13.0. The first-order valence-electron chi connectivity index (χ1n) is 12.0. The third-order valence-electron chi connectivity index (χ3n) is 6.41. The molecule has 1 aliphatic carbocycles. The van der Waals surface area contributed by atoms with Crippen molar-refractivity contribution in [1.82, 2.24) is 19.2 Å². The second-order valence-electron chi connectivity index (χ2n) is 8.70. The smallest absolute Gasteiger partial charge is 0.243 e. The van der Waals surface area contributed by atoms with Crippen LogP contribution in [0.25, 0.3) is 11.0 Å². The first-order chi connectivity index (χ1) is 16.0. The highest BCUT2D eigenvalue weighted by atomic mass is 32.2. The standard InChI is InChI=1S/C23H34N4O4S2/c1-2-27-21-11-10-19(33(29,30)26-12-14-31-15-13-26)16-20(21)25-23(27)32-17-22(28)24-18-8-6-4-3-5-7-9-18/h10-11,16,18H,2-9,12-15,17H2,1H3,(H,24,28). The number of benzene rings is 1. The zero-order chi connectivity index (χ0) is 23.3. The minimum absolute atomic E-state index is 0.0378. The number of thioether (sulfide) groups is 1. The monoisotopic (exact) mass is 494 g/mol. The molecule has 1 saturated carbocycles. The van der Waals surface area contributed by atoms with E-state index in [1.807, 2.05) is 17.6 Å². The normalized spacial score (nSPS) is 19.3. The summed E-state index contributed by atoms with van der Waals surface area (Å²) in [6.45, 7) is 4.27. The van der Waals surface area contributed by atoms with Gasteiger partial charge in [-0.3, -0.25) is 4.79 Å². The number of nitrogens with one attached hydrogen (secondary N) is 1. The van der Waals surface area contributed by atoms with Gasteiger partial charge in [-0.1, -0.05) is 43.9 Å². The lowest BCUT2D eigenvalue weighted by Gasteiger charge is -2.26. The van der Waals surface area contributed by atoms with Crippen molar-refractivity contribution in [2.24, 2.45) is 0 Å². The Morgan fingerprint density at radius 1 is 1.15 bits per heavy atom. The topological polar surface area (TPSA) is 93.5 Å². The number of carbonyl (C=O) groups is 1. The van der Waals surface area contributed by atoms with Crippen molar-refractivity contribution in [3.05, 3.63) is 18.2 Å². The molecule has 2 heterocycles. The van der Waals surface area contributed by atoms with Crippen LogP contribution in [0.4, 0.5) is 0 Å². The number of aromatic nitrogens is 2. The van der Waals surface area contributed by atoms with Crippen LogP contribution in [-0.2, 0) is 26.1 Å². The molecule has 0 atom stereocenters. The van der Waals surface area contributed by atoms with E-state index in [-0.39, 0.29) is 16.8 Å². The number of aryl methyl sites for hydroxylation is 1. The zero-order valence-electron chi connectivity index (χ0n) is 19.3. The number of hydrogen-bond donors (Lipinski definition) is 1. The highest BCUT2D eigenvalue weighted by Crippen LogP contribution is 2.27. The van der Waals surface area contributed by atoms with Gasteiger partial charge in [-0.05, 0) is 38.0 Å². The lowest BCUT2D eigenvalue weighted by atomic mass is 9.97. The van der Waals surface area contributed by atoms with Gasteiger partial charge >= 0.3 is 0 Å². The van der Waals surface area contributed by atoms with E-state index in [0.717, 1.165) is 23.5 Å². The highest BCUT2D eigenvalue weighted by molar-refractivity contribution is 7.99. The minimum atomic E-state index is -3.58. The number of imidazole rings is 1. The van der Waals surface area contributed by atoms with Crippen molar-refractivity contribution in [3.8, 4) is 0 Å². The number of hydrogen-bond acceptors (Lipinski definition) is 6. The summed E-state index contributed by atoms with van der Waals surface area (Å²) in [4.78, 5) is 17.5. The molecule has 2 aromatic rings. The van der Waals surface area contributed by atoms with Crippen LogP contribution in [0.3, 0.4) is 0 Å². The second kappa shape index (κ2) is 11.2. The van der Waals surface area contributed by atoms with E-state index in [0.29, 0.717) is 44.1 Å². The van der Waals surface area contributed by atoms with Crippen molar-refractivity contribution >= 4 is 38.7 Å². The molecule has 1 aromatic carbocycles. The van der Waals surface area contributed by atoms with Crippen LogP contribution >= 0.6 is 11.8 Å². The Hall–Kier alpha value is -1.62. The van der Waals surface area contributed by atoms with Crippen molar-refractivity contribution < 1.29 is 17.9 Å². The van der Waals surface area contributed by atoms with Gasteiger partial charge in [0.05, 0.1) is 34.9 Å². The third-order valence-corrected chi connectivity index (χ3v) is 9.28. The zero-order valence-corrected chi connectivity index (χ0v) is 20.9. The fourth-order valence-corrected chi connectivity index (χ4v) is 6.92. The quantitative estimate of drug-likeness (QED) is 0.593.